The molecular formula is C20H23N2NaO5. The van der Waals surface area contributed by atoms with Crippen LogP contribution in [-0.2, 0) is 20.9 Å². The Labute approximate surface area is 186 Å². The number of aliphatic carboxylic acids is 1. The molecule has 28 heavy (non-hydrogen) atoms. The van der Waals surface area contributed by atoms with Gasteiger partial charge in [-0.25, -0.2) is 0 Å². The van der Waals surface area contributed by atoms with Crippen LogP contribution in [0, 0.1) is 5.92 Å². The van der Waals surface area contributed by atoms with Crippen molar-refractivity contribution in [2.24, 2.45) is 5.92 Å². The van der Waals surface area contributed by atoms with Crippen LogP contribution in [0.4, 0.5) is 0 Å². The molecule has 4 rings (SSSR count). The average Bonchev–Trinajstić information content (AvgIpc) is 2.98. The van der Waals surface area contributed by atoms with E-state index in [-0.39, 0.29) is 47.2 Å². The van der Waals surface area contributed by atoms with Crippen molar-refractivity contribution < 1.29 is 54.1 Å². The third-order valence-corrected chi connectivity index (χ3v) is 5.73. The van der Waals surface area contributed by atoms with Crippen LogP contribution in [0.2, 0.25) is 0 Å². The second kappa shape index (κ2) is 8.65. The first-order valence-electron chi connectivity index (χ1n) is 9.32. The molecule has 0 saturated carbocycles. The Bertz CT molecular complexity index is 786. The molecule has 1 amide bonds. The maximum Gasteiger partial charge on any atom is 1.00 e. The number of nitrogens with zero attached hydrogens (tertiary/aromatic N) is 2. The van der Waals surface area contributed by atoms with Crippen LogP contribution in [0.3, 0.4) is 0 Å². The van der Waals surface area contributed by atoms with Crippen LogP contribution in [0.1, 0.15) is 24.5 Å². The van der Waals surface area contributed by atoms with Gasteiger partial charge < -0.3 is 24.6 Å². The molecule has 0 spiro atoms. The molecule has 0 unspecified atom stereocenters. The topological polar surface area (TPSA) is 93.1 Å². The van der Waals surface area contributed by atoms with Crippen molar-refractivity contribution in [1.82, 2.24) is 9.80 Å². The summed E-state index contributed by atoms with van der Waals surface area (Å²) in [4.78, 5) is 27.6. The average molecular weight is 394 g/mol. The first kappa shape index (κ1) is 21.5. The van der Waals surface area contributed by atoms with Crippen LogP contribution in [0.15, 0.2) is 30.0 Å². The Morgan fingerprint density at radius 2 is 1.93 bits per heavy atom. The maximum atomic E-state index is 12.3. The zero-order valence-corrected chi connectivity index (χ0v) is 18.3. The third kappa shape index (κ3) is 3.79. The number of carboxylic acids is 1. The van der Waals surface area contributed by atoms with Gasteiger partial charge in [0, 0.05) is 19.6 Å². The van der Waals surface area contributed by atoms with Crippen molar-refractivity contribution in [3.63, 3.8) is 0 Å². The van der Waals surface area contributed by atoms with Gasteiger partial charge in [0.2, 0.25) is 5.91 Å². The molecule has 0 radical (unpaired) electrons. The molecule has 1 aromatic rings. The van der Waals surface area contributed by atoms with E-state index in [1.165, 1.54) is 4.90 Å². The number of morpholine rings is 1. The first-order valence-corrected chi connectivity index (χ1v) is 9.32. The summed E-state index contributed by atoms with van der Waals surface area (Å²) in [6.45, 7) is 5.69. The van der Waals surface area contributed by atoms with Gasteiger partial charge in [-0.2, -0.15) is 0 Å². The fourth-order valence-corrected chi connectivity index (χ4v) is 4.35. The summed E-state index contributed by atoms with van der Waals surface area (Å²) in [6, 6.07) is 7.50. The van der Waals surface area contributed by atoms with E-state index in [0.29, 0.717) is 12.0 Å². The number of carbonyl (C=O) groups is 2. The molecule has 3 atom stereocenters. The largest absolute Gasteiger partial charge is 1.00 e. The van der Waals surface area contributed by atoms with Gasteiger partial charge in [0.25, 0.3) is 0 Å². The Morgan fingerprint density at radius 1 is 1.29 bits per heavy atom. The summed E-state index contributed by atoms with van der Waals surface area (Å²) in [7, 11) is 0. The molecule has 3 heterocycles. The van der Waals surface area contributed by atoms with Crippen molar-refractivity contribution in [2.75, 3.05) is 26.3 Å². The standard InChI is InChI=1S/C20H24N2O5.Na/c1-12(23)17-16-10-15(18(20(25)26)22(16)19(17)24)14-4-2-13(3-5-14)11-21-6-8-27-9-7-21;/h2-5,12,16-17,23H,6-11H2,1H3,(H,25,26);/q;+1/p-1/t12-,16-,17-;/m1./s1. The predicted octanol–water partition coefficient (Wildman–Crippen LogP) is -3.40. The van der Waals surface area contributed by atoms with Crippen LogP contribution < -0.4 is 34.7 Å². The second-order valence-electron chi connectivity index (χ2n) is 7.45. The fraction of sp³-hybridized carbons (Fsp3) is 0.500. The van der Waals surface area contributed by atoms with Gasteiger partial charge in [0.15, 0.2) is 0 Å². The van der Waals surface area contributed by atoms with Crippen molar-refractivity contribution in [3.05, 3.63) is 41.1 Å². The van der Waals surface area contributed by atoms with Crippen molar-refractivity contribution in [2.45, 2.75) is 32.0 Å². The smallest absolute Gasteiger partial charge is 0.543 e. The molecule has 3 aliphatic heterocycles. The molecule has 0 bridgehead atoms. The molecule has 8 heteroatoms. The Balaban J connectivity index is 0.00000225. The minimum Gasteiger partial charge on any atom is -0.543 e. The summed E-state index contributed by atoms with van der Waals surface area (Å²) in [5.41, 5.74) is 2.49. The molecule has 2 saturated heterocycles. The number of rotatable bonds is 5. The van der Waals surface area contributed by atoms with E-state index < -0.39 is 18.0 Å². The molecule has 2 fully saturated rings. The van der Waals surface area contributed by atoms with Gasteiger partial charge in [-0.1, -0.05) is 24.3 Å². The number of hydrogen-bond donors (Lipinski definition) is 1. The summed E-state index contributed by atoms with van der Waals surface area (Å²) in [5, 5.41) is 21.5. The molecule has 3 aliphatic rings. The molecule has 144 valence electrons. The zero-order valence-electron chi connectivity index (χ0n) is 16.3. The summed E-state index contributed by atoms with van der Waals surface area (Å²) in [6.07, 6.45) is -0.370. The van der Waals surface area contributed by atoms with Crippen molar-refractivity contribution >= 4 is 17.4 Å². The number of carbonyl (C=O) groups excluding carboxylic acids is 2. The number of ether oxygens (including phenoxy) is 1. The second-order valence-corrected chi connectivity index (χ2v) is 7.45. The number of hydrogen-bond acceptors (Lipinski definition) is 6. The van der Waals surface area contributed by atoms with Crippen LogP contribution in [-0.4, -0.2) is 65.2 Å². The molecule has 0 aromatic heterocycles. The van der Waals surface area contributed by atoms with Gasteiger partial charge in [0.1, 0.15) is 0 Å². The van der Waals surface area contributed by atoms with Gasteiger partial charge in [-0.05, 0) is 30.0 Å². The van der Waals surface area contributed by atoms with Crippen LogP contribution in [0.25, 0.3) is 5.57 Å². The summed E-state index contributed by atoms with van der Waals surface area (Å²) >= 11 is 0. The van der Waals surface area contributed by atoms with Gasteiger partial charge in [0.05, 0.1) is 42.9 Å². The minimum atomic E-state index is -1.35. The number of fused-ring (bicyclic) bond motifs is 1. The van der Waals surface area contributed by atoms with Gasteiger partial charge >= 0.3 is 29.6 Å². The Kier molecular flexibility index (Phi) is 6.64. The summed E-state index contributed by atoms with van der Waals surface area (Å²) < 4.78 is 5.36. The third-order valence-electron chi connectivity index (χ3n) is 5.73. The molecule has 1 N–H and O–H groups in total. The number of β-lactam (4-membered cyclic amide) rings is 1. The van der Waals surface area contributed by atoms with E-state index in [4.69, 9.17) is 4.74 Å². The Morgan fingerprint density at radius 3 is 2.50 bits per heavy atom. The van der Waals surface area contributed by atoms with Gasteiger partial charge in [-0.15, -0.1) is 0 Å². The first-order chi connectivity index (χ1) is 13.0. The number of aliphatic hydroxyl groups is 1. The minimum absolute atomic E-state index is 0. The molecule has 7 nitrogen and oxygen atoms in total. The van der Waals surface area contributed by atoms with E-state index in [2.05, 4.69) is 4.90 Å². The van der Waals surface area contributed by atoms with E-state index in [9.17, 15) is 19.8 Å². The number of amides is 1. The van der Waals surface area contributed by atoms with Crippen molar-refractivity contribution in [1.29, 1.82) is 0 Å². The van der Waals surface area contributed by atoms with E-state index in [0.717, 1.165) is 44.0 Å². The SMILES string of the molecule is C[C@@H](O)[C@H]1C(=O)N2C(C(=O)[O-])=C(c3ccc(CN4CCOCC4)cc3)C[C@H]12.[Na+]. The quantitative estimate of drug-likeness (QED) is 0.413. The zero-order chi connectivity index (χ0) is 19.1. The number of benzene rings is 1. The predicted molar refractivity (Wildman–Crippen MR) is 94.9 cm³/mol. The normalized spacial score (nSPS) is 25.8. The molecule has 0 aliphatic carbocycles. The van der Waals surface area contributed by atoms with E-state index in [1.807, 2.05) is 24.3 Å². The van der Waals surface area contributed by atoms with Crippen molar-refractivity contribution in [3.8, 4) is 0 Å². The van der Waals surface area contributed by atoms with Crippen LogP contribution in [0.5, 0.6) is 0 Å². The fourth-order valence-electron chi connectivity index (χ4n) is 4.35. The van der Waals surface area contributed by atoms with E-state index >= 15 is 0 Å². The number of carboxylic acid groups (broad SMARTS) is 1. The molecular weight excluding hydrogens is 371 g/mol. The van der Waals surface area contributed by atoms with E-state index in [1.54, 1.807) is 6.92 Å². The molecule has 1 aromatic carbocycles. The number of aliphatic hydroxyl groups excluding tert-OH is 1. The van der Waals surface area contributed by atoms with Crippen LogP contribution >= 0.6 is 0 Å². The maximum absolute atomic E-state index is 12.3. The van der Waals surface area contributed by atoms with Gasteiger partial charge in [-0.3, -0.25) is 9.69 Å². The Hall–Kier alpha value is -1.22. The summed E-state index contributed by atoms with van der Waals surface area (Å²) in [5.74, 6) is -2.23. The monoisotopic (exact) mass is 394 g/mol.